The summed E-state index contributed by atoms with van der Waals surface area (Å²) in [6.07, 6.45) is 2.55. The SMILES string of the molecule is CC1(C)OCC(O/C=C/CO)O1. The van der Waals surface area contributed by atoms with Crippen LogP contribution in [0.2, 0.25) is 0 Å². The molecule has 1 aliphatic rings. The van der Waals surface area contributed by atoms with E-state index >= 15 is 0 Å². The molecule has 1 atom stereocenters. The lowest BCUT2D eigenvalue weighted by atomic mass is 10.4. The topological polar surface area (TPSA) is 47.9 Å². The molecule has 70 valence electrons. The molecule has 1 fully saturated rings. The molecular weight excluding hydrogens is 160 g/mol. The van der Waals surface area contributed by atoms with Crippen molar-refractivity contribution in [1.82, 2.24) is 0 Å². The lowest BCUT2D eigenvalue weighted by molar-refractivity contribution is -0.176. The fourth-order valence-corrected chi connectivity index (χ4v) is 0.907. The van der Waals surface area contributed by atoms with E-state index in [2.05, 4.69) is 0 Å². The minimum Gasteiger partial charge on any atom is -0.470 e. The van der Waals surface area contributed by atoms with Gasteiger partial charge >= 0.3 is 0 Å². The molecule has 1 N–H and O–H groups in total. The van der Waals surface area contributed by atoms with Gasteiger partial charge in [0.2, 0.25) is 6.29 Å². The largest absolute Gasteiger partial charge is 0.470 e. The van der Waals surface area contributed by atoms with Gasteiger partial charge in [0.1, 0.15) is 6.61 Å². The molecule has 0 aromatic heterocycles. The van der Waals surface area contributed by atoms with E-state index in [1.54, 1.807) is 0 Å². The summed E-state index contributed by atoms with van der Waals surface area (Å²) >= 11 is 0. The fraction of sp³-hybridized carbons (Fsp3) is 0.750. The monoisotopic (exact) mass is 174 g/mol. The van der Waals surface area contributed by atoms with Gasteiger partial charge in [0, 0.05) is 0 Å². The summed E-state index contributed by atoms with van der Waals surface area (Å²) in [5, 5.41) is 8.40. The van der Waals surface area contributed by atoms with Gasteiger partial charge in [0.25, 0.3) is 0 Å². The Labute approximate surface area is 71.7 Å². The number of ether oxygens (including phenoxy) is 3. The molecule has 0 aromatic rings. The molecule has 0 saturated carbocycles. The van der Waals surface area contributed by atoms with Crippen LogP contribution >= 0.6 is 0 Å². The highest BCUT2D eigenvalue weighted by Crippen LogP contribution is 2.22. The summed E-state index contributed by atoms with van der Waals surface area (Å²) in [7, 11) is 0. The van der Waals surface area contributed by atoms with Gasteiger partial charge in [-0.1, -0.05) is 0 Å². The molecule has 4 nitrogen and oxygen atoms in total. The van der Waals surface area contributed by atoms with Crippen LogP contribution in [0.15, 0.2) is 12.3 Å². The van der Waals surface area contributed by atoms with Crippen molar-refractivity contribution in [3.05, 3.63) is 12.3 Å². The van der Waals surface area contributed by atoms with Crippen LogP contribution in [-0.4, -0.2) is 30.4 Å². The molecule has 0 spiro atoms. The molecule has 0 radical (unpaired) electrons. The molecular formula is C8H14O4. The summed E-state index contributed by atoms with van der Waals surface area (Å²) in [6, 6.07) is 0. The van der Waals surface area contributed by atoms with Gasteiger partial charge in [-0.05, 0) is 19.9 Å². The molecule has 1 saturated heterocycles. The number of aliphatic hydroxyl groups excluding tert-OH is 1. The molecule has 12 heavy (non-hydrogen) atoms. The summed E-state index contributed by atoms with van der Waals surface area (Å²) in [6.45, 7) is 4.04. The van der Waals surface area contributed by atoms with E-state index in [9.17, 15) is 0 Å². The smallest absolute Gasteiger partial charge is 0.225 e. The zero-order chi connectivity index (χ0) is 9.03. The van der Waals surface area contributed by atoms with Crippen molar-refractivity contribution in [1.29, 1.82) is 0 Å². The first kappa shape index (κ1) is 9.51. The highest BCUT2D eigenvalue weighted by atomic mass is 16.8. The van der Waals surface area contributed by atoms with Crippen molar-refractivity contribution in [3.63, 3.8) is 0 Å². The fourth-order valence-electron chi connectivity index (χ4n) is 0.907. The highest BCUT2D eigenvalue weighted by Gasteiger charge is 2.33. The van der Waals surface area contributed by atoms with Gasteiger partial charge in [0.15, 0.2) is 5.79 Å². The van der Waals surface area contributed by atoms with Crippen LogP contribution in [0.3, 0.4) is 0 Å². The number of hydrogen-bond acceptors (Lipinski definition) is 4. The third-order valence-electron chi connectivity index (χ3n) is 1.41. The van der Waals surface area contributed by atoms with Gasteiger partial charge in [-0.25, -0.2) is 0 Å². The van der Waals surface area contributed by atoms with E-state index in [0.717, 1.165) is 0 Å². The third kappa shape index (κ3) is 2.81. The molecule has 0 amide bonds. The van der Waals surface area contributed by atoms with Crippen molar-refractivity contribution in [2.75, 3.05) is 13.2 Å². The van der Waals surface area contributed by atoms with E-state index in [1.165, 1.54) is 12.3 Å². The Morgan fingerprint density at radius 2 is 2.42 bits per heavy atom. The molecule has 0 aliphatic carbocycles. The predicted molar refractivity (Wildman–Crippen MR) is 42.2 cm³/mol. The maximum Gasteiger partial charge on any atom is 0.225 e. The standard InChI is InChI=1S/C8H14O4/c1-8(2)11-6-7(12-8)10-5-3-4-9/h3,5,7,9H,4,6H2,1-2H3/b5-3+. The van der Waals surface area contributed by atoms with E-state index < -0.39 is 5.79 Å². The molecule has 0 bridgehead atoms. The third-order valence-corrected chi connectivity index (χ3v) is 1.41. The second-order valence-corrected chi connectivity index (χ2v) is 2.95. The van der Waals surface area contributed by atoms with Gasteiger partial charge in [0.05, 0.1) is 12.9 Å². The Bertz CT molecular complexity index is 164. The average Bonchev–Trinajstić information content (AvgIpc) is 2.31. The molecule has 1 rings (SSSR count). The summed E-state index contributed by atoms with van der Waals surface area (Å²) in [5.74, 6) is -0.558. The predicted octanol–water partition coefficient (Wildman–Crippen LogP) is 0.618. The average molecular weight is 174 g/mol. The van der Waals surface area contributed by atoms with Crippen LogP contribution in [0, 0.1) is 0 Å². The van der Waals surface area contributed by atoms with Crippen LogP contribution in [0.1, 0.15) is 13.8 Å². The minimum atomic E-state index is -0.558. The summed E-state index contributed by atoms with van der Waals surface area (Å²) < 4.78 is 15.6. The summed E-state index contributed by atoms with van der Waals surface area (Å²) in [5.41, 5.74) is 0. The van der Waals surface area contributed by atoms with Crippen LogP contribution in [0.25, 0.3) is 0 Å². The van der Waals surface area contributed by atoms with Gasteiger partial charge < -0.3 is 19.3 Å². The maximum atomic E-state index is 8.40. The van der Waals surface area contributed by atoms with Crippen molar-refractivity contribution < 1.29 is 19.3 Å². The van der Waals surface area contributed by atoms with Crippen LogP contribution in [0.5, 0.6) is 0 Å². The van der Waals surface area contributed by atoms with Gasteiger partial charge in [-0.3, -0.25) is 0 Å². The summed E-state index contributed by atoms with van der Waals surface area (Å²) in [4.78, 5) is 0. The van der Waals surface area contributed by atoms with Crippen molar-refractivity contribution in [3.8, 4) is 0 Å². The van der Waals surface area contributed by atoms with Gasteiger partial charge in [-0.15, -0.1) is 0 Å². The van der Waals surface area contributed by atoms with E-state index in [1.807, 2.05) is 13.8 Å². The zero-order valence-corrected chi connectivity index (χ0v) is 7.32. The number of aliphatic hydroxyl groups is 1. The van der Waals surface area contributed by atoms with Crippen molar-refractivity contribution in [2.45, 2.75) is 25.9 Å². The molecule has 1 heterocycles. The Balaban J connectivity index is 2.24. The molecule has 0 aromatic carbocycles. The van der Waals surface area contributed by atoms with Crippen LogP contribution in [0.4, 0.5) is 0 Å². The lowest BCUT2D eigenvalue weighted by Gasteiger charge is -2.16. The Morgan fingerprint density at radius 3 is 2.92 bits per heavy atom. The van der Waals surface area contributed by atoms with E-state index in [-0.39, 0.29) is 12.9 Å². The Kier molecular flexibility index (Phi) is 3.08. The maximum absolute atomic E-state index is 8.40. The van der Waals surface area contributed by atoms with Crippen molar-refractivity contribution in [2.24, 2.45) is 0 Å². The first-order valence-corrected chi connectivity index (χ1v) is 3.87. The van der Waals surface area contributed by atoms with Crippen LogP contribution < -0.4 is 0 Å². The minimum absolute atomic E-state index is 0.0308. The van der Waals surface area contributed by atoms with Gasteiger partial charge in [-0.2, -0.15) is 0 Å². The second-order valence-electron chi connectivity index (χ2n) is 2.95. The Hall–Kier alpha value is -0.580. The first-order valence-electron chi connectivity index (χ1n) is 3.87. The molecule has 1 unspecified atom stereocenters. The first-order chi connectivity index (χ1) is 5.64. The molecule has 4 heteroatoms. The lowest BCUT2D eigenvalue weighted by Crippen LogP contribution is -2.21. The quantitative estimate of drug-likeness (QED) is 0.637. The number of hydrogen-bond donors (Lipinski definition) is 1. The second kappa shape index (κ2) is 3.89. The zero-order valence-electron chi connectivity index (χ0n) is 7.32. The van der Waals surface area contributed by atoms with Crippen molar-refractivity contribution >= 4 is 0 Å². The highest BCUT2D eigenvalue weighted by molar-refractivity contribution is 4.74. The normalized spacial score (nSPS) is 28.1. The van der Waals surface area contributed by atoms with Crippen LogP contribution in [-0.2, 0) is 14.2 Å². The Morgan fingerprint density at radius 1 is 1.67 bits per heavy atom. The number of rotatable bonds is 3. The van der Waals surface area contributed by atoms with E-state index in [0.29, 0.717) is 6.61 Å². The molecule has 1 aliphatic heterocycles. The van der Waals surface area contributed by atoms with E-state index in [4.69, 9.17) is 19.3 Å².